The second-order valence-electron chi connectivity index (χ2n) is 6.69. The summed E-state index contributed by atoms with van der Waals surface area (Å²) in [5.74, 6) is 1.20. The smallest absolute Gasteiger partial charge is 0.227 e. The van der Waals surface area contributed by atoms with Crippen molar-refractivity contribution in [1.82, 2.24) is 9.55 Å². The molecule has 2 heterocycles. The van der Waals surface area contributed by atoms with Crippen LogP contribution in [0, 0.1) is 0 Å². The number of aromatic nitrogens is 2. The van der Waals surface area contributed by atoms with Gasteiger partial charge in [-0.15, -0.1) is 0 Å². The number of ether oxygens (including phenoxy) is 1. The number of halogens is 1. The molecule has 1 aliphatic heterocycles. The standard InChI is InChI=1S/C21H22BrN3O2/c1-2-27-12-11-24-19-6-4-3-5-18(19)23-21(24)15-13-20(26)25(14-15)17-9-7-16(22)8-10-17/h3-10,15H,2,11-14H2,1H3. The van der Waals surface area contributed by atoms with Gasteiger partial charge < -0.3 is 14.2 Å². The highest BCUT2D eigenvalue weighted by atomic mass is 79.9. The van der Waals surface area contributed by atoms with Gasteiger partial charge in [0.05, 0.1) is 17.6 Å². The average Bonchev–Trinajstić information content (AvgIpc) is 3.24. The van der Waals surface area contributed by atoms with Crippen molar-refractivity contribution in [2.75, 3.05) is 24.7 Å². The van der Waals surface area contributed by atoms with E-state index < -0.39 is 0 Å². The lowest BCUT2D eigenvalue weighted by molar-refractivity contribution is -0.117. The van der Waals surface area contributed by atoms with Crippen LogP contribution in [0.5, 0.6) is 0 Å². The molecule has 5 nitrogen and oxygen atoms in total. The summed E-state index contributed by atoms with van der Waals surface area (Å²) < 4.78 is 8.79. The summed E-state index contributed by atoms with van der Waals surface area (Å²) in [7, 11) is 0. The number of hydrogen-bond acceptors (Lipinski definition) is 3. The number of imidazole rings is 1. The van der Waals surface area contributed by atoms with E-state index >= 15 is 0 Å². The van der Waals surface area contributed by atoms with E-state index in [9.17, 15) is 4.79 Å². The molecule has 1 atom stereocenters. The number of carbonyl (C=O) groups is 1. The van der Waals surface area contributed by atoms with E-state index in [1.165, 1.54) is 0 Å². The molecular formula is C21H22BrN3O2. The summed E-state index contributed by atoms with van der Waals surface area (Å²) in [4.78, 5) is 19.4. The highest BCUT2D eigenvalue weighted by Crippen LogP contribution is 2.33. The van der Waals surface area contributed by atoms with E-state index in [1.807, 2.05) is 54.3 Å². The zero-order valence-electron chi connectivity index (χ0n) is 15.3. The van der Waals surface area contributed by atoms with Crippen molar-refractivity contribution in [2.45, 2.75) is 25.8 Å². The molecule has 0 spiro atoms. The molecular weight excluding hydrogens is 406 g/mol. The zero-order chi connectivity index (χ0) is 18.8. The molecule has 1 unspecified atom stereocenters. The monoisotopic (exact) mass is 427 g/mol. The summed E-state index contributed by atoms with van der Waals surface area (Å²) in [5, 5.41) is 0. The van der Waals surface area contributed by atoms with E-state index in [0.29, 0.717) is 26.2 Å². The fourth-order valence-corrected chi connectivity index (χ4v) is 3.96. The van der Waals surface area contributed by atoms with Gasteiger partial charge in [0.2, 0.25) is 5.91 Å². The maximum absolute atomic E-state index is 12.7. The van der Waals surface area contributed by atoms with Gasteiger partial charge in [0.1, 0.15) is 5.82 Å². The predicted molar refractivity (Wildman–Crippen MR) is 110 cm³/mol. The number of anilines is 1. The first-order valence-corrected chi connectivity index (χ1v) is 10.1. The van der Waals surface area contributed by atoms with E-state index in [1.54, 1.807) is 0 Å². The molecule has 1 amide bonds. The molecule has 0 N–H and O–H groups in total. The van der Waals surface area contributed by atoms with Gasteiger partial charge in [0.25, 0.3) is 0 Å². The number of para-hydroxylation sites is 2. The van der Waals surface area contributed by atoms with Crippen molar-refractivity contribution in [3.8, 4) is 0 Å². The first kappa shape index (κ1) is 18.2. The predicted octanol–water partition coefficient (Wildman–Crippen LogP) is 4.36. The Morgan fingerprint density at radius 2 is 1.96 bits per heavy atom. The van der Waals surface area contributed by atoms with Crippen molar-refractivity contribution in [3.05, 3.63) is 58.8 Å². The highest BCUT2D eigenvalue weighted by Gasteiger charge is 2.34. The largest absolute Gasteiger partial charge is 0.380 e. The summed E-state index contributed by atoms with van der Waals surface area (Å²) in [6.07, 6.45) is 0.480. The van der Waals surface area contributed by atoms with Crippen LogP contribution in [0.15, 0.2) is 53.0 Å². The number of nitrogens with zero attached hydrogens (tertiary/aromatic N) is 3. The Morgan fingerprint density at radius 1 is 1.19 bits per heavy atom. The van der Waals surface area contributed by atoms with Crippen LogP contribution in [0.25, 0.3) is 11.0 Å². The fourth-order valence-electron chi connectivity index (χ4n) is 3.69. The Balaban J connectivity index is 1.64. The van der Waals surface area contributed by atoms with Crippen LogP contribution < -0.4 is 4.90 Å². The third kappa shape index (κ3) is 3.64. The van der Waals surface area contributed by atoms with Crippen LogP contribution >= 0.6 is 15.9 Å². The maximum Gasteiger partial charge on any atom is 0.227 e. The first-order valence-electron chi connectivity index (χ1n) is 9.26. The molecule has 0 saturated carbocycles. The second-order valence-corrected chi connectivity index (χ2v) is 7.60. The molecule has 1 fully saturated rings. The van der Waals surface area contributed by atoms with Crippen molar-refractivity contribution in [1.29, 1.82) is 0 Å². The van der Waals surface area contributed by atoms with E-state index in [4.69, 9.17) is 9.72 Å². The van der Waals surface area contributed by atoms with Crippen molar-refractivity contribution in [2.24, 2.45) is 0 Å². The van der Waals surface area contributed by atoms with Crippen LogP contribution in [0.3, 0.4) is 0 Å². The fraction of sp³-hybridized carbons (Fsp3) is 0.333. The SMILES string of the molecule is CCOCCn1c(C2CC(=O)N(c3ccc(Br)cc3)C2)nc2ccccc21. The van der Waals surface area contributed by atoms with Crippen molar-refractivity contribution < 1.29 is 9.53 Å². The third-order valence-corrected chi connectivity index (χ3v) is 5.50. The lowest BCUT2D eigenvalue weighted by Gasteiger charge is -2.17. The van der Waals surface area contributed by atoms with E-state index in [-0.39, 0.29) is 11.8 Å². The van der Waals surface area contributed by atoms with Crippen molar-refractivity contribution >= 4 is 38.6 Å². The number of carbonyl (C=O) groups excluding carboxylic acids is 1. The maximum atomic E-state index is 12.7. The Hall–Kier alpha value is -2.18. The van der Waals surface area contributed by atoms with Gasteiger partial charge in [0, 0.05) is 42.2 Å². The number of amides is 1. The minimum absolute atomic E-state index is 0.0789. The lowest BCUT2D eigenvalue weighted by Crippen LogP contribution is -2.24. The van der Waals surface area contributed by atoms with Gasteiger partial charge in [-0.2, -0.15) is 0 Å². The molecule has 3 aromatic rings. The Bertz CT molecular complexity index is 952. The summed E-state index contributed by atoms with van der Waals surface area (Å²) in [6.45, 7) is 4.73. The molecule has 6 heteroatoms. The topological polar surface area (TPSA) is 47.4 Å². The normalized spacial score (nSPS) is 17.2. The minimum atomic E-state index is 0.0789. The van der Waals surface area contributed by atoms with Gasteiger partial charge in [-0.3, -0.25) is 4.79 Å². The quantitative estimate of drug-likeness (QED) is 0.549. The van der Waals surface area contributed by atoms with Crippen LogP contribution in [0.2, 0.25) is 0 Å². The molecule has 1 aliphatic rings. The minimum Gasteiger partial charge on any atom is -0.380 e. The Morgan fingerprint density at radius 3 is 2.74 bits per heavy atom. The van der Waals surface area contributed by atoms with Crippen LogP contribution in [-0.2, 0) is 16.1 Å². The number of fused-ring (bicyclic) bond motifs is 1. The molecule has 1 aromatic heterocycles. The molecule has 4 rings (SSSR count). The number of hydrogen-bond donors (Lipinski definition) is 0. The Labute approximate surface area is 167 Å². The summed E-state index contributed by atoms with van der Waals surface area (Å²) in [6, 6.07) is 16.0. The van der Waals surface area contributed by atoms with Gasteiger partial charge in [-0.25, -0.2) is 4.98 Å². The van der Waals surface area contributed by atoms with Crippen LogP contribution in [0.1, 0.15) is 25.1 Å². The molecule has 140 valence electrons. The second kappa shape index (κ2) is 7.82. The third-order valence-electron chi connectivity index (χ3n) is 4.98. The van der Waals surface area contributed by atoms with Gasteiger partial charge in [0.15, 0.2) is 0 Å². The summed E-state index contributed by atoms with van der Waals surface area (Å²) >= 11 is 3.45. The van der Waals surface area contributed by atoms with Crippen molar-refractivity contribution in [3.63, 3.8) is 0 Å². The molecule has 1 saturated heterocycles. The van der Waals surface area contributed by atoms with Gasteiger partial charge >= 0.3 is 0 Å². The molecule has 0 bridgehead atoms. The molecule has 0 aliphatic carbocycles. The average molecular weight is 428 g/mol. The highest BCUT2D eigenvalue weighted by molar-refractivity contribution is 9.10. The first-order chi connectivity index (χ1) is 13.2. The molecule has 27 heavy (non-hydrogen) atoms. The van der Waals surface area contributed by atoms with E-state index in [0.717, 1.165) is 33.6 Å². The molecule has 2 aromatic carbocycles. The zero-order valence-corrected chi connectivity index (χ0v) is 16.9. The van der Waals surface area contributed by atoms with E-state index in [2.05, 4.69) is 26.6 Å². The summed E-state index contributed by atoms with van der Waals surface area (Å²) in [5.41, 5.74) is 3.00. The van der Waals surface area contributed by atoms with Crippen LogP contribution in [-0.4, -0.2) is 35.2 Å². The number of rotatable bonds is 6. The number of benzene rings is 2. The van der Waals surface area contributed by atoms with Gasteiger partial charge in [-0.1, -0.05) is 28.1 Å². The molecule has 0 radical (unpaired) electrons. The Kier molecular flexibility index (Phi) is 5.27. The van der Waals surface area contributed by atoms with Gasteiger partial charge in [-0.05, 0) is 43.3 Å². The van der Waals surface area contributed by atoms with Crippen LogP contribution in [0.4, 0.5) is 5.69 Å². The lowest BCUT2D eigenvalue weighted by atomic mass is 10.1.